The number of aromatic hydroxyl groups is 1. The summed E-state index contributed by atoms with van der Waals surface area (Å²) in [6, 6.07) is 3.25. The quantitative estimate of drug-likeness (QED) is 0.307. The third kappa shape index (κ3) is 5.85. The summed E-state index contributed by atoms with van der Waals surface area (Å²) >= 11 is 6.18. The van der Waals surface area contributed by atoms with Crippen LogP contribution in [-0.2, 0) is 15.7 Å². The summed E-state index contributed by atoms with van der Waals surface area (Å²) in [4.78, 5) is 53.8. The van der Waals surface area contributed by atoms with E-state index < -0.39 is 29.2 Å². The number of alkyl halides is 3. The number of halogens is 4. The second kappa shape index (κ2) is 12.7. The van der Waals surface area contributed by atoms with Crippen molar-refractivity contribution in [3.63, 3.8) is 0 Å². The van der Waals surface area contributed by atoms with Gasteiger partial charge in [-0.05, 0) is 49.6 Å². The van der Waals surface area contributed by atoms with Crippen molar-refractivity contribution in [3.05, 3.63) is 80.3 Å². The molecule has 2 unspecified atom stereocenters. The van der Waals surface area contributed by atoms with Gasteiger partial charge in [0.2, 0.25) is 11.7 Å². The number of aryl methyl sites for hydroxylation is 1. The van der Waals surface area contributed by atoms with Gasteiger partial charge in [-0.2, -0.15) is 22.7 Å². The smallest absolute Gasteiger partial charge is 0.416 e. The van der Waals surface area contributed by atoms with E-state index >= 15 is 0 Å². The number of nitrogens with one attached hydrogen (secondary N) is 1. The van der Waals surface area contributed by atoms with Crippen molar-refractivity contribution in [2.45, 2.75) is 44.8 Å². The molecule has 1 aromatic carbocycles. The number of hydrogen-bond donors (Lipinski definition) is 2. The van der Waals surface area contributed by atoms with Gasteiger partial charge in [-0.1, -0.05) is 24.6 Å². The van der Waals surface area contributed by atoms with Gasteiger partial charge in [0, 0.05) is 38.3 Å². The summed E-state index contributed by atoms with van der Waals surface area (Å²) in [6.07, 6.45) is -0.523. The largest absolute Gasteiger partial charge is 0.505 e. The average Bonchev–Trinajstić information content (AvgIpc) is 3.69. The van der Waals surface area contributed by atoms with Gasteiger partial charge in [0.15, 0.2) is 5.82 Å². The molecule has 0 aliphatic carbocycles. The number of benzene rings is 1. The highest BCUT2D eigenvalue weighted by Gasteiger charge is 2.41. The van der Waals surface area contributed by atoms with E-state index in [1.807, 2.05) is 17.9 Å². The maximum Gasteiger partial charge on any atom is 0.416 e. The lowest BCUT2D eigenvalue weighted by Gasteiger charge is -2.37. The number of amides is 2. The van der Waals surface area contributed by atoms with Crippen LogP contribution in [0.1, 0.15) is 64.9 Å². The third-order valence-electron chi connectivity index (χ3n) is 9.39. The van der Waals surface area contributed by atoms with Crippen LogP contribution in [0.25, 0.3) is 11.4 Å². The van der Waals surface area contributed by atoms with E-state index in [0.717, 1.165) is 23.8 Å². The molecule has 0 saturated carbocycles. The lowest BCUT2D eigenvalue weighted by atomic mass is 10.0. The van der Waals surface area contributed by atoms with Crippen molar-refractivity contribution in [2.75, 3.05) is 49.6 Å². The van der Waals surface area contributed by atoms with Gasteiger partial charge in [0.1, 0.15) is 17.5 Å². The summed E-state index contributed by atoms with van der Waals surface area (Å²) in [5.41, 5.74) is 0.776. The van der Waals surface area contributed by atoms with E-state index in [0.29, 0.717) is 42.5 Å². The average molecular weight is 713 g/mol. The first-order valence-electron chi connectivity index (χ1n) is 16.0. The maximum absolute atomic E-state index is 14.3. The normalized spacial score (nSPS) is 19.4. The van der Waals surface area contributed by atoms with Gasteiger partial charge in [0.05, 0.1) is 46.4 Å². The predicted molar refractivity (Wildman–Crippen MR) is 177 cm³/mol. The molecule has 0 spiro atoms. The first-order chi connectivity index (χ1) is 23.8. The Labute approximate surface area is 287 Å². The van der Waals surface area contributed by atoms with Crippen LogP contribution in [0, 0.1) is 6.92 Å². The van der Waals surface area contributed by atoms with Gasteiger partial charge < -0.3 is 25.0 Å². The van der Waals surface area contributed by atoms with Crippen molar-refractivity contribution in [1.82, 2.24) is 29.0 Å². The second-order valence-electron chi connectivity index (χ2n) is 12.5. The SMILES string of the molecule is Cc1nccc(C(=O)N2CCN(c3c4n(c5nc(C6=CCOCC6)nn5c3=O)C(C(=O)Nc3ccc(C(F)(F)F)cc3Cl)CC4C)CC2)c1O. The van der Waals surface area contributed by atoms with E-state index in [-0.39, 0.29) is 72.2 Å². The number of carbonyl (C=O) groups is 2. The molecule has 6 heterocycles. The van der Waals surface area contributed by atoms with E-state index in [1.54, 1.807) is 16.4 Å². The number of pyridine rings is 1. The standard InChI is InChI=1S/C33H32ClF3N8O5/c1-17-15-24(29(47)39-23-4-3-20(16-22(23)34)33(35,36)37)44-25(17)26(31(49)45-32(44)40-28(41-45)19-6-13-50-14-7-19)42-9-11-43(12-10-42)30(48)21-5-8-38-18(2)27(21)46/h3-6,8,16-17,24,46H,7,9-15H2,1-2H3,(H,39,47). The van der Waals surface area contributed by atoms with Crippen molar-refractivity contribution in [3.8, 4) is 5.75 Å². The van der Waals surface area contributed by atoms with Crippen LogP contribution in [0.5, 0.6) is 5.75 Å². The first-order valence-corrected chi connectivity index (χ1v) is 16.4. The molecule has 1 fully saturated rings. The van der Waals surface area contributed by atoms with E-state index in [1.165, 1.54) is 16.8 Å². The van der Waals surface area contributed by atoms with Gasteiger partial charge in [-0.25, -0.2) is 0 Å². The molecule has 7 rings (SSSR count). The molecule has 2 N–H and O–H groups in total. The summed E-state index contributed by atoms with van der Waals surface area (Å²) in [7, 11) is 0. The molecule has 2 amide bonds. The zero-order valence-electron chi connectivity index (χ0n) is 27.0. The molecule has 50 heavy (non-hydrogen) atoms. The van der Waals surface area contributed by atoms with E-state index in [4.69, 9.17) is 21.3 Å². The highest BCUT2D eigenvalue weighted by Crippen LogP contribution is 2.42. The number of hydrogen-bond acceptors (Lipinski definition) is 9. The Balaban J connectivity index is 1.26. The summed E-state index contributed by atoms with van der Waals surface area (Å²) < 4.78 is 48.1. The topological polar surface area (TPSA) is 147 Å². The van der Waals surface area contributed by atoms with Crippen molar-refractivity contribution in [1.29, 1.82) is 0 Å². The molecule has 1 saturated heterocycles. The van der Waals surface area contributed by atoms with Gasteiger partial charge in [0.25, 0.3) is 11.5 Å². The van der Waals surface area contributed by atoms with Crippen LogP contribution in [0.2, 0.25) is 5.02 Å². The minimum atomic E-state index is -4.61. The van der Waals surface area contributed by atoms with Crippen LogP contribution in [0.15, 0.2) is 41.3 Å². The molecule has 3 aliphatic heterocycles. The minimum absolute atomic E-state index is 0.00814. The number of nitrogens with zero attached hydrogens (tertiary/aromatic N) is 7. The Hall–Kier alpha value is -4.96. The van der Waals surface area contributed by atoms with Gasteiger partial charge >= 0.3 is 6.18 Å². The lowest BCUT2D eigenvalue weighted by molar-refractivity contribution is -0.137. The Morgan fingerprint density at radius 1 is 1.14 bits per heavy atom. The van der Waals surface area contributed by atoms with Crippen LogP contribution < -0.4 is 15.8 Å². The van der Waals surface area contributed by atoms with E-state index in [2.05, 4.69) is 15.4 Å². The predicted octanol–water partition coefficient (Wildman–Crippen LogP) is 4.43. The number of piperazine rings is 1. The lowest BCUT2D eigenvalue weighted by Crippen LogP contribution is -2.50. The van der Waals surface area contributed by atoms with Crippen LogP contribution >= 0.6 is 11.6 Å². The fraction of sp³-hybridized carbons (Fsp3) is 0.394. The highest BCUT2D eigenvalue weighted by atomic mass is 35.5. The molecule has 3 aliphatic rings. The summed E-state index contributed by atoms with van der Waals surface area (Å²) in [5, 5.41) is 17.4. The summed E-state index contributed by atoms with van der Waals surface area (Å²) in [5.74, 6) is -0.936. The molecular weight excluding hydrogens is 681 g/mol. The molecule has 0 radical (unpaired) electrons. The zero-order chi connectivity index (χ0) is 35.5. The van der Waals surface area contributed by atoms with Crippen molar-refractivity contribution < 1.29 is 32.6 Å². The van der Waals surface area contributed by atoms with E-state index in [9.17, 15) is 32.7 Å². The Bertz CT molecular complexity index is 2120. The minimum Gasteiger partial charge on any atom is -0.505 e. The Morgan fingerprint density at radius 2 is 1.90 bits per heavy atom. The number of aromatic nitrogens is 5. The van der Waals surface area contributed by atoms with Gasteiger partial charge in [-0.15, -0.1) is 5.10 Å². The Kier molecular flexibility index (Phi) is 8.54. The first kappa shape index (κ1) is 33.5. The maximum atomic E-state index is 14.3. The fourth-order valence-electron chi connectivity index (χ4n) is 6.79. The fourth-order valence-corrected chi connectivity index (χ4v) is 7.02. The molecule has 0 bridgehead atoms. The zero-order valence-corrected chi connectivity index (χ0v) is 27.8. The third-order valence-corrected chi connectivity index (χ3v) is 9.70. The molecule has 4 aromatic rings. The monoisotopic (exact) mass is 712 g/mol. The Morgan fingerprint density at radius 3 is 2.58 bits per heavy atom. The number of fused-ring (bicyclic) bond motifs is 3. The number of ether oxygens (including phenoxy) is 1. The number of anilines is 2. The highest BCUT2D eigenvalue weighted by molar-refractivity contribution is 6.33. The van der Waals surface area contributed by atoms with Crippen LogP contribution in [0.3, 0.4) is 0 Å². The van der Waals surface area contributed by atoms with Gasteiger partial charge in [-0.3, -0.25) is 23.9 Å². The van der Waals surface area contributed by atoms with Crippen LogP contribution in [-0.4, -0.2) is 85.4 Å². The van der Waals surface area contributed by atoms with Crippen LogP contribution in [0.4, 0.5) is 24.5 Å². The second-order valence-corrected chi connectivity index (χ2v) is 12.9. The molecule has 3 aromatic heterocycles. The molecule has 262 valence electrons. The summed E-state index contributed by atoms with van der Waals surface area (Å²) in [6.45, 7) is 5.36. The molecule has 13 nitrogen and oxygen atoms in total. The molecular formula is C33H32ClF3N8O5. The number of carbonyl (C=O) groups excluding carboxylic acids is 2. The van der Waals surface area contributed by atoms with Crippen molar-refractivity contribution in [2.24, 2.45) is 0 Å². The number of rotatable bonds is 5. The van der Waals surface area contributed by atoms with Crippen molar-refractivity contribution >= 4 is 46.1 Å². The molecule has 2 atom stereocenters. The molecule has 17 heteroatoms.